The lowest BCUT2D eigenvalue weighted by Crippen LogP contribution is -2.36. The molecule has 0 saturated carbocycles. The number of aromatic nitrogens is 2. The molecule has 106 valence electrons. The van der Waals surface area contributed by atoms with Crippen LogP contribution in [0.4, 0.5) is 0 Å². The van der Waals surface area contributed by atoms with Crippen molar-refractivity contribution >= 4 is 11.8 Å². The summed E-state index contributed by atoms with van der Waals surface area (Å²) in [6, 6.07) is 1.30. The maximum atomic E-state index is 11.8. The van der Waals surface area contributed by atoms with E-state index in [0.717, 1.165) is 0 Å². The average Bonchev–Trinajstić information content (AvgIpc) is 2.75. The highest BCUT2D eigenvalue weighted by molar-refractivity contribution is 5.92. The second kappa shape index (κ2) is 6.36. The van der Waals surface area contributed by atoms with Gasteiger partial charge in [0, 0.05) is 18.3 Å². The summed E-state index contributed by atoms with van der Waals surface area (Å²) in [7, 11) is 0. The molecule has 0 spiro atoms. The van der Waals surface area contributed by atoms with E-state index in [9.17, 15) is 9.59 Å². The smallest absolute Gasteiger partial charge is 0.271 e. The summed E-state index contributed by atoms with van der Waals surface area (Å²) in [6.45, 7) is 9.31. The van der Waals surface area contributed by atoms with Gasteiger partial charge in [-0.2, -0.15) is 5.10 Å². The average molecular weight is 266 g/mol. The Morgan fingerprint density at radius 3 is 2.21 bits per heavy atom. The van der Waals surface area contributed by atoms with Crippen LogP contribution in [0.3, 0.4) is 0 Å². The number of rotatable bonds is 5. The SMILES string of the molecule is CC(C)NC(=O)c1ccn(C(C)C(=O)NC(C)C)n1. The van der Waals surface area contributed by atoms with Gasteiger partial charge in [0.1, 0.15) is 11.7 Å². The fraction of sp³-hybridized carbons (Fsp3) is 0.615. The highest BCUT2D eigenvalue weighted by atomic mass is 16.2. The molecule has 1 unspecified atom stereocenters. The van der Waals surface area contributed by atoms with Crippen LogP contribution in [-0.4, -0.2) is 33.7 Å². The lowest BCUT2D eigenvalue weighted by molar-refractivity contribution is -0.124. The van der Waals surface area contributed by atoms with Gasteiger partial charge in [-0.25, -0.2) is 0 Å². The van der Waals surface area contributed by atoms with Gasteiger partial charge in [0.25, 0.3) is 5.91 Å². The third kappa shape index (κ3) is 4.39. The Kier molecular flexibility index (Phi) is 5.09. The largest absolute Gasteiger partial charge is 0.352 e. The van der Waals surface area contributed by atoms with Crippen LogP contribution in [-0.2, 0) is 4.79 Å². The van der Waals surface area contributed by atoms with Crippen LogP contribution in [0.15, 0.2) is 12.3 Å². The standard InChI is InChI=1S/C13H22N4O2/c1-8(2)14-12(18)10(5)17-7-6-11(16-17)13(19)15-9(3)4/h6-10H,1-5H3,(H,14,18)(H,15,19). The monoisotopic (exact) mass is 266 g/mol. The molecule has 1 heterocycles. The number of carbonyl (C=O) groups excluding carboxylic acids is 2. The third-order valence-electron chi connectivity index (χ3n) is 2.47. The van der Waals surface area contributed by atoms with E-state index in [2.05, 4.69) is 15.7 Å². The molecule has 0 bridgehead atoms. The Balaban J connectivity index is 2.73. The van der Waals surface area contributed by atoms with Crippen LogP contribution >= 0.6 is 0 Å². The zero-order chi connectivity index (χ0) is 14.6. The molecule has 1 rings (SSSR count). The molecule has 0 aromatic carbocycles. The quantitative estimate of drug-likeness (QED) is 0.838. The number of nitrogens with one attached hydrogen (secondary N) is 2. The first-order chi connectivity index (χ1) is 8.81. The van der Waals surface area contributed by atoms with Crippen molar-refractivity contribution in [2.24, 2.45) is 0 Å². The molecule has 0 saturated heterocycles. The van der Waals surface area contributed by atoms with E-state index < -0.39 is 6.04 Å². The van der Waals surface area contributed by atoms with Gasteiger partial charge in [0.15, 0.2) is 0 Å². The van der Waals surface area contributed by atoms with Crippen molar-refractivity contribution in [2.75, 3.05) is 0 Å². The number of hydrogen-bond donors (Lipinski definition) is 2. The second-order valence-electron chi connectivity index (χ2n) is 5.15. The van der Waals surface area contributed by atoms with Crippen molar-refractivity contribution in [1.82, 2.24) is 20.4 Å². The summed E-state index contributed by atoms with van der Waals surface area (Å²) in [6.07, 6.45) is 1.64. The summed E-state index contributed by atoms with van der Waals surface area (Å²) >= 11 is 0. The molecule has 2 amide bonds. The van der Waals surface area contributed by atoms with Crippen LogP contribution in [0.5, 0.6) is 0 Å². The number of carbonyl (C=O) groups is 2. The van der Waals surface area contributed by atoms with Crippen LogP contribution in [0.25, 0.3) is 0 Å². The predicted octanol–water partition coefficient (Wildman–Crippen LogP) is 1.11. The predicted molar refractivity (Wildman–Crippen MR) is 72.8 cm³/mol. The molecule has 1 aromatic rings. The molecule has 1 aromatic heterocycles. The third-order valence-corrected chi connectivity index (χ3v) is 2.47. The van der Waals surface area contributed by atoms with Crippen LogP contribution in [0.1, 0.15) is 51.1 Å². The fourth-order valence-electron chi connectivity index (χ4n) is 1.54. The Labute approximate surface area is 113 Å². The Morgan fingerprint density at radius 2 is 1.68 bits per heavy atom. The van der Waals surface area contributed by atoms with Crippen LogP contribution in [0, 0.1) is 0 Å². The topological polar surface area (TPSA) is 76.0 Å². The molecule has 0 aliphatic rings. The minimum Gasteiger partial charge on any atom is -0.352 e. The van der Waals surface area contributed by atoms with E-state index in [1.165, 1.54) is 4.68 Å². The van der Waals surface area contributed by atoms with E-state index in [1.54, 1.807) is 19.2 Å². The first kappa shape index (κ1) is 15.2. The van der Waals surface area contributed by atoms with E-state index in [0.29, 0.717) is 5.69 Å². The molecule has 19 heavy (non-hydrogen) atoms. The van der Waals surface area contributed by atoms with Crippen molar-refractivity contribution in [3.8, 4) is 0 Å². The zero-order valence-corrected chi connectivity index (χ0v) is 12.1. The molecule has 2 N–H and O–H groups in total. The Morgan fingerprint density at radius 1 is 1.11 bits per heavy atom. The van der Waals surface area contributed by atoms with Gasteiger partial charge in [-0.15, -0.1) is 0 Å². The summed E-state index contributed by atoms with van der Waals surface area (Å²) in [5, 5.41) is 9.70. The summed E-state index contributed by atoms with van der Waals surface area (Å²) in [4.78, 5) is 23.6. The minimum absolute atomic E-state index is 0.0549. The lowest BCUT2D eigenvalue weighted by atomic mass is 10.3. The maximum Gasteiger partial charge on any atom is 0.271 e. The number of amides is 2. The van der Waals surface area contributed by atoms with Gasteiger partial charge in [0.05, 0.1) is 0 Å². The maximum absolute atomic E-state index is 11.8. The van der Waals surface area contributed by atoms with Gasteiger partial charge >= 0.3 is 0 Å². The van der Waals surface area contributed by atoms with Gasteiger partial charge in [-0.05, 0) is 40.7 Å². The van der Waals surface area contributed by atoms with E-state index in [1.807, 2.05) is 27.7 Å². The van der Waals surface area contributed by atoms with Gasteiger partial charge in [-0.1, -0.05) is 0 Å². The molecule has 0 aliphatic heterocycles. The van der Waals surface area contributed by atoms with Crippen molar-refractivity contribution < 1.29 is 9.59 Å². The van der Waals surface area contributed by atoms with Crippen molar-refractivity contribution in [1.29, 1.82) is 0 Å². The number of hydrogen-bond acceptors (Lipinski definition) is 3. The summed E-state index contributed by atoms with van der Waals surface area (Å²) in [5.41, 5.74) is 0.317. The lowest BCUT2D eigenvalue weighted by Gasteiger charge is -2.14. The highest BCUT2D eigenvalue weighted by Gasteiger charge is 2.18. The van der Waals surface area contributed by atoms with E-state index >= 15 is 0 Å². The molecular weight excluding hydrogens is 244 g/mol. The first-order valence-corrected chi connectivity index (χ1v) is 6.47. The first-order valence-electron chi connectivity index (χ1n) is 6.47. The molecule has 6 nitrogen and oxygen atoms in total. The zero-order valence-electron chi connectivity index (χ0n) is 12.1. The van der Waals surface area contributed by atoms with Gasteiger partial charge in [-0.3, -0.25) is 14.3 Å². The normalized spacial score (nSPS) is 12.6. The molecule has 0 fully saturated rings. The molecule has 0 aliphatic carbocycles. The van der Waals surface area contributed by atoms with Crippen LogP contribution in [0.2, 0.25) is 0 Å². The van der Waals surface area contributed by atoms with E-state index in [-0.39, 0.29) is 23.9 Å². The molecule has 0 radical (unpaired) electrons. The Bertz CT molecular complexity index is 451. The fourth-order valence-corrected chi connectivity index (χ4v) is 1.54. The second-order valence-corrected chi connectivity index (χ2v) is 5.15. The summed E-state index contributed by atoms with van der Waals surface area (Å²) < 4.78 is 1.49. The Hall–Kier alpha value is -1.85. The van der Waals surface area contributed by atoms with Crippen molar-refractivity contribution in [2.45, 2.75) is 52.7 Å². The minimum atomic E-state index is -0.442. The summed E-state index contributed by atoms with van der Waals surface area (Å²) in [5.74, 6) is -0.348. The van der Waals surface area contributed by atoms with Crippen molar-refractivity contribution in [3.05, 3.63) is 18.0 Å². The molecule has 6 heteroatoms. The molecule has 1 atom stereocenters. The highest BCUT2D eigenvalue weighted by Crippen LogP contribution is 2.06. The van der Waals surface area contributed by atoms with Gasteiger partial charge in [0.2, 0.25) is 5.91 Å². The molecular formula is C13H22N4O2. The van der Waals surface area contributed by atoms with Crippen molar-refractivity contribution in [3.63, 3.8) is 0 Å². The van der Waals surface area contributed by atoms with Crippen LogP contribution < -0.4 is 10.6 Å². The number of nitrogens with zero attached hydrogens (tertiary/aromatic N) is 2. The van der Waals surface area contributed by atoms with E-state index in [4.69, 9.17) is 0 Å². The van der Waals surface area contributed by atoms with Gasteiger partial charge < -0.3 is 10.6 Å².